The highest BCUT2D eigenvalue weighted by Gasteiger charge is 2.18. The molecule has 0 spiro atoms. The number of nitrogens with zero attached hydrogens (tertiary/aromatic N) is 4. The zero-order valence-corrected chi connectivity index (χ0v) is 10.9. The Balaban J connectivity index is 1.69. The van der Waals surface area contributed by atoms with Gasteiger partial charge in [0.25, 0.3) is 0 Å². The number of anilines is 1. The summed E-state index contributed by atoms with van der Waals surface area (Å²) >= 11 is 1.31. The maximum Gasteiger partial charge on any atom is 0.240 e. The Hall–Kier alpha value is -1.09. The standard InChI is InChI=1S/C10H17N5O2S/c16-6-5-14-1-3-15(4-2-14)7-9(17)12-10-13-11-8-18-10/h8,16H,1-7H2,(H,12,13,17). The molecule has 2 heterocycles. The van der Waals surface area contributed by atoms with Gasteiger partial charge in [-0.2, -0.15) is 0 Å². The highest BCUT2D eigenvalue weighted by molar-refractivity contribution is 7.13. The Morgan fingerprint density at radius 2 is 2.11 bits per heavy atom. The highest BCUT2D eigenvalue weighted by Crippen LogP contribution is 2.08. The first kappa shape index (κ1) is 13.3. The van der Waals surface area contributed by atoms with E-state index in [9.17, 15) is 4.79 Å². The molecule has 0 radical (unpaired) electrons. The van der Waals surface area contributed by atoms with Crippen molar-refractivity contribution in [1.29, 1.82) is 0 Å². The van der Waals surface area contributed by atoms with Crippen molar-refractivity contribution < 1.29 is 9.90 Å². The molecule has 100 valence electrons. The molecule has 0 aromatic carbocycles. The van der Waals surface area contributed by atoms with Crippen LogP contribution in [0.25, 0.3) is 0 Å². The summed E-state index contributed by atoms with van der Waals surface area (Å²) in [5, 5.41) is 19.5. The minimum atomic E-state index is -0.0534. The summed E-state index contributed by atoms with van der Waals surface area (Å²) in [7, 11) is 0. The summed E-state index contributed by atoms with van der Waals surface area (Å²) in [6.07, 6.45) is 0. The maximum atomic E-state index is 11.7. The van der Waals surface area contributed by atoms with E-state index in [1.807, 2.05) is 0 Å². The fourth-order valence-electron chi connectivity index (χ4n) is 1.90. The van der Waals surface area contributed by atoms with Gasteiger partial charge >= 0.3 is 0 Å². The molecular weight excluding hydrogens is 254 g/mol. The van der Waals surface area contributed by atoms with E-state index in [0.29, 0.717) is 18.2 Å². The van der Waals surface area contributed by atoms with Crippen molar-refractivity contribution in [2.45, 2.75) is 0 Å². The van der Waals surface area contributed by atoms with Crippen molar-refractivity contribution in [2.75, 3.05) is 51.2 Å². The molecule has 1 aromatic heterocycles. The average Bonchev–Trinajstić information content (AvgIpc) is 2.84. The van der Waals surface area contributed by atoms with Crippen molar-refractivity contribution in [3.63, 3.8) is 0 Å². The topological polar surface area (TPSA) is 81.6 Å². The van der Waals surface area contributed by atoms with E-state index >= 15 is 0 Å². The van der Waals surface area contributed by atoms with E-state index in [1.165, 1.54) is 11.3 Å². The van der Waals surface area contributed by atoms with E-state index < -0.39 is 0 Å². The summed E-state index contributed by atoms with van der Waals surface area (Å²) in [5.74, 6) is -0.0534. The minimum absolute atomic E-state index is 0.0534. The molecule has 18 heavy (non-hydrogen) atoms. The second-order valence-electron chi connectivity index (χ2n) is 4.13. The maximum absolute atomic E-state index is 11.7. The van der Waals surface area contributed by atoms with Gasteiger partial charge in [-0.1, -0.05) is 11.3 Å². The van der Waals surface area contributed by atoms with Crippen LogP contribution in [0.4, 0.5) is 5.13 Å². The van der Waals surface area contributed by atoms with E-state index in [1.54, 1.807) is 5.51 Å². The zero-order chi connectivity index (χ0) is 12.8. The lowest BCUT2D eigenvalue weighted by Crippen LogP contribution is -2.49. The second-order valence-corrected chi connectivity index (χ2v) is 4.97. The molecule has 0 bridgehead atoms. The number of hydrogen-bond donors (Lipinski definition) is 2. The SMILES string of the molecule is O=C(CN1CCN(CCO)CC1)Nc1nncs1. The number of aliphatic hydroxyl groups excluding tert-OH is 1. The van der Waals surface area contributed by atoms with Crippen LogP contribution in [0.1, 0.15) is 0 Å². The van der Waals surface area contributed by atoms with Crippen molar-refractivity contribution in [3.8, 4) is 0 Å². The van der Waals surface area contributed by atoms with Crippen LogP contribution in [0.2, 0.25) is 0 Å². The van der Waals surface area contributed by atoms with Gasteiger partial charge in [0.1, 0.15) is 5.51 Å². The summed E-state index contributed by atoms with van der Waals surface area (Å²) in [4.78, 5) is 16.0. The zero-order valence-electron chi connectivity index (χ0n) is 10.1. The van der Waals surface area contributed by atoms with E-state index in [0.717, 1.165) is 26.2 Å². The van der Waals surface area contributed by atoms with Gasteiger partial charge in [-0.25, -0.2) is 0 Å². The van der Waals surface area contributed by atoms with E-state index in [2.05, 4.69) is 25.3 Å². The van der Waals surface area contributed by atoms with Gasteiger partial charge < -0.3 is 5.11 Å². The number of piperazine rings is 1. The van der Waals surface area contributed by atoms with E-state index in [-0.39, 0.29) is 12.5 Å². The molecule has 8 heteroatoms. The molecule has 2 rings (SSSR count). The van der Waals surface area contributed by atoms with Crippen LogP contribution in [0, 0.1) is 0 Å². The third-order valence-electron chi connectivity index (χ3n) is 2.85. The largest absolute Gasteiger partial charge is 0.395 e. The molecule has 0 saturated carbocycles. The molecule has 1 saturated heterocycles. The van der Waals surface area contributed by atoms with Crippen molar-refractivity contribution >= 4 is 22.4 Å². The Labute approximate surface area is 109 Å². The van der Waals surface area contributed by atoms with Gasteiger partial charge in [0.2, 0.25) is 11.0 Å². The average molecular weight is 271 g/mol. The second kappa shape index (κ2) is 6.74. The molecule has 0 aliphatic carbocycles. The Morgan fingerprint density at radius 1 is 1.39 bits per heavy atom. The molecule has 1 aromatic rings. The minimum Gasteiger partial charge on any atom is -0.395 e. The van der Waals surface area contributed by atoms with Gasteiger partial charge in [0.05, 0.1) is 13.2 Å². The number of aliphatic hydroxyl groups is 1. The highest BCUT2D eigenvalue weighted by atomic mass is 32.1. The van der Waals surface area contributed by atoms with Crippen LogP contribution in [-0.4, -0.2) is 76.9 Å². The smallest absolute Gasteiger partial charge is 0.240 e. The molecule has 0 atom stereocenters. The lowest BCUT2D eigenvalue weighted by atomic mass is 10.3. The van der Waals surface area contributed by atoms with Crippen molar-refractivity contribution in [1.82, 2.24) is 20.0 Å². The molecule has 0 unspecified atom stereocenters. The molecule has 1 aliphatic rings. The van der Waals surface area contributed by atoms with Crippen molar-refractivity contribution in [2.24, 2.45) is 0 Å². The number of amides is 1. The summed E-state index contributed by atoms with van der Waals surface area (Å²) < 4.78 is 0. The van der Waals surface area contributed by atoms with Gasteiger partial charge in [-0.15, -0.1) is 10.2 Å². The Morgan fingerprint density at radius 3 is 2.72 bits per heavy atom. The fourth-order valence-corrected chi connectivity index (χ4v) is 2.36. The summed E-state index contributed by atoms with van der Waals surface area (Å²) in [6.45, 7) is 4.78. The quantitative estimate of drug-likeness (QED) is 0.721. The molecule has 1 amide bonds. The van der Waals surface area contributed by atoms with E-state index in [4.69, 9.17) is 5.11 Å². The molecule has 1 aliphatic heterocycles. The lowest BCUT2D eigenvalue weighted by molar-refractivity contribution is -0.117. The first-order valence-corrected chi connectivity index (χ1v) is 6.77. The molecular formula is C10H17N5O2S. The first-order chi connectivity index (χ1) is 8.78. The van der Waals surface area contributed by atoms with Gasteiger partial charge in [0, 0.05) is 32.7 Å². The lowest BCUT2D eigenvalue weighted by Gasteiger charge is -2.33. The van der Waals surface area contributed by atoms with Gasteiger partial charge in [-0.3, -0.25) is 19.9 Å². The van der Waals surface area contributed by atoms with Crippen LogP contribution in [0.3, 0.4) is 0 Å². The number of carbonyl (C=O) groups excluding carboxylic acids is 1. The number of aromatic nitrogens is 2. The number of carbonyl (C=O) groups is 1. The molecule has 1 fully saturated rings. The molecule has 7 nitrogen and oxygen atoms in total. The first-order valence-electron chi connectivity index (χ1n) is 5.89. The van der Waals surface area contributed by atoms with Gasteiger partial charge in [0.15, 0.2) is 0 Å². The number of hydrogen-bond acceptors (Lipinski definition) is 7. The van der Waals surface area contributed by atoms with Crippen LogP contribution in [0.5, 0.6) is 0 Å². The predicted octanol–water partition coefficient (Wildman–Crippen LogP) is -0.913. The fraction of sp³-hybridized carbons (Fsp3) is 0.700. The third kappa shape index (κ3) is 3.98. The van der Waals surface area contributed by atoms with Crippen molar-refractivity contribution in [3.05, 3.63) is 5.51 Å². The number of rotatable bonds is 5. The predicted molar refractivity (Wildman–Crippen MR) is 68.5 cm³/mol. The number of β-amino-alcohol motifs (C(OH)–C–C–N with tert-alkyl or cyclic N) is 1. The summed E-state index contributed by atoms with van der Waals surface area (Å²) in [6, 6.07) is 0. The van der Waals surface area contributed by atoms with Crippen LogP contribution in [-0.2, 0) is 4.79 Å². The normalized spacial score (nSPS) is 17.8. The van der Waals surface area contributed by atoms with Crippen LogP contribution >= 0.6 is 11.3 Å². The molecule has 2 N–H and O–H groups in total. The summed E-state index contributed by atoms with van der Waals surface area (Å²) in [5.41, 5.74) is 1.59. The monoisotopic (exact) mass is 271 g/mol. The number of nitrogens with one attached hydrogen (secondary N) is 1. The van der Waals surface area contributed by atoms with Gasteiger partial charge in [-0.05, 0) is 0 Å². The van der Waals surface area contributed by atoms with Crippen LogP contribution in [0.15, 0.2) is 5.51 Å². The Bertz CT molecular complexity index is 364. The Kier molecular flexibility index (Phi) is 5.00. The van der Waals surface area contributed by atoms with Crippen LogP contribution < -0.4 is 5.32 Å². The third-order valence-corrected chi connectivity index (χ3v) is 3.46.